The molecule has 0 spiro atoms. The van der Waals surface area contributed by atoms with Gasteiger partial charge in [0.25, 0.3) is 0 Å². The largest absolute Gasteiger partial charge is 0.468 e. The number of hydrogen-bond donors (Lipinski definition) is 0. The van der Waals surface area contributed by atoms with Crippen LogP contribution < -0.4 is 0 Å². The lowest BCUT2D eigenvalue weighted by Gasteiger charge is -2.16. The molecule has 0 atom stereocenters. The monoisotopic (exact) mass is 188 g/mol. The van der Waals surface area contributed by atoms with Crippen molar-refractivity contribution in [3.8, 4) is 0 Å². The van der Waals surface area contributed by atoms with Crippen LogP contribution in [0.4, 0.5) is 0 Å². The highest BCUT2D eigenvalue weighted by Gasteiger charge is 2.15. The fraction of sp³-hybridized carbons (Fsp3) is 0.385. The molecule has 1 aromatic carbocycles. The summed E-state index contributed by atoms with van der Waals surface area (Å²) in [7, 11) is 0. The normalized spacial score (nSPS) is 12.2. The zero-order chi connectivity index (χ0) is 10.2. The second-order valence-electron chi connectivity index (χ2n) is 4.98. The summed E-state index contributed by atoms with van der Waals surface area (Å²) in [6, 6.07) is 8.31. The topological polar surface area (TPSA) is 13.1 Å². The highest BCUT2D eigenvalue weighted by Crippen LogP contribution is 2.27. The summed E-state index contributed by atoms with van der Waals surface area (Å²) in [5.41, 5.74) is 0.278. The van der Waals surface area contributed by atoms with E-state index in [9.17, 15) is 0 Å². The van der Waals surface area contributed by atoms with Crippen LogP contribution in [-0.4, -0.2) is 0 Å². The molecular weight excluding hydrogens is 172 g/mol. The Labute approximate surface area is 84.7 Å². The van der Waals surface area contributed by atoms with Gasteiger partial charge in [0, 0.05) is 17.2 Å². The molecule has 2 rings (SSSR count). The van der Waals surface area contributed by atoms with Gasteiger partial charge in [0.15, 0.2) is 0 Å². The second-order valence-corrected chi connectivity index (χ2v) is 4.98. The van der Waals surface area contributed by atoms with Crippen LogP contribution in [0.3, 0.4) is 0 Å². The summed E-state index contributed by atoms with van der Waals surface area (Å²) in [6.45, 7) is 6.68. The van der Waals surface area contributed by atoms with Gasteiger partial charge in [0.1, 0.15) is 5.76 Å². The summed E-state index contributed by atoms with van der Waals surface area (Å²) in [4.78, 5) is 0. The third-order valence-corrected chi connectivity index (χ3v) is 2.28. The van der Waals surface area contributed by atoms with Crippen molar-refractivity contribution in [1.82, 2.24) is 0 Å². The summed E-state index contributed by atoms with van der Waals surface area (Å²) in [5, 5.41) is 2.45. The van der Waals surface area contributed by atoms with Crippen LogP contribution in [0.15, 0.2) is 34.9 Å². The molecule has 0 bridgehead atoms. The van der Waals surface area contributed by atoms with Gasteiger partial charge >= 0.3 is 0 Å². The van der Waals surface area contributed by atoms with E-state index in [1.807, 2.05) is 12.3 Å². The molecule has 14 heavy (non-hydrogen) atoms. The van der Waals surface area contributed by atoms with Crippen molar-refractivity contribution in [2.45, 2.75) is 27.2 Å². The highest BCUT2D eigenvalue weighted by molar-refractivity contribution is 5.83. The van der Waals surface area contributed by atoms with Gasteiger partial charge in [-0.3, -0.25) is 0 Å². The Hall–Kier alpha value is -1.24. The third kappa shape index (κ3) is 1.82. The molecule has 1 aromatic heterocycles. The molecule has 0 aliphatic carbocycles. The number of hydrogen-bond acceptors (Lipinski definition) is 1. The molecule has 0 aliphatic rings. The molecule has 2 aromatic rings. The summed E-state index contributed by atoms with van der Waals surface area (Å²) >= 11 is 0. The standard InChI is InChI=1S/C13H16O/c1-13(2,3)8-12-11-7-5-4-6-10(11)9-14-12/h4-7,9H,8H2,1-3H3. The van der Waals surface area contributed by atoms with Gasteiger partial charge in [0.05, 0.1) is 6.26 Å². The Bertz CT molecular complexity index is 432. The van der Waals surface area contributed by atoms with Crippen molar-refractivity contribution in [3.63, 3.8) is 0 Å². The highest BCUT2D eigenvalue weighted by atomic mass is 16.3. The van der Waals surface area contributed by atoms with Gasteiger partial charge in [-0.1, -0.05) is 45.0 Å². The lowest BCUT2D eigenvalue weighted by molar-refractivity contribution is 0.365. The van der Waals surface area contributed by atoms with E-state index in [0.717, 1.165) is 12.2 Å². The Kier molecular flexibility index (Phi) is 2.10. The first kappa shape index (κ1) is 9.32. The van der Waals surface area contributed by atoms with E-state index >= 15 is 0 Å². The third-order valence-electron chi connectivity index (χ3n) is 2.28. The van der Waals surface area contributed by atoms with Crippen LogP contribution in [0.1, 0.15) is 26.5 Å². The number of fused-ring (bicyclic) bond motifs is 1. The first-order valence-corrected chi connectivity index (χ1v) is 5.01. The van der Waals surface area contributed by atoms with Crippen LogP contribution in [0, 0.1) is 5.41 Å². The average Bonchev–Trinajstić information content (AvgIpc) is 2.47. The first-order valence-electron chi connectivity index (χ1n) is 5.01. The van der Waals surface area contributed by atoms with E-state index in [2.05, 4.69) is 39.0 Å². The molecule has 0 saturated heterocycles. The molecule has 74 valence electrons. The minimum absolute atomic E-state index is 0.278. The van der Waals surface area contributed by atoms with Crippen LogP contribution in [0.2, 0.25) is 0 Å². The molecule has 0 radical (unpaired) electrons. The number of furan rings is 1. The molecule has 0 unspecified atom stereocenters. The molecular formula is C13H16O. The van der Waals surface area contributed by atoms with Gasteiger partial charge < -0.3 is 4.42 Å². The van der Waals surface area contributed by atoms with Crippen molar-refractivity contribution in [2.24, 2.45) is 5.41 Å². The van der Waals surface area contributed by atoms with Crippen LogP contribution in [0.25, 0.3) is 10.8 Å². The quantitative estimate of drug-likeness (QED) is 0.658. The predicted octanol–water partition coefficient (Wildman–Crippen LogP) is 4.02. The minimum atomic E-state index is 0.278. The fourth-order valence-electron chi connectivity index (χ4n) is 1.67. The fourth-order valence-corrected chi connectivity index (χ4v) is 1.67. The lowest BCUT2D eigenvalue weighted by atomic mass is 9.90. The van der Waals surface area contributed by atoms with E-state index in [4.69, 9.17) is 4.42 Å². The van der Waals surface area contributed by atoms with Crippen LogP contribution >= 0.6 is 0 Å². The molecule has 0 saturated carbocycles. The molecule has 1 heterocycles. The van der Waals surface area contributed by atoms with Gasteiger partial charge in [-0.05, 0) is 5.41 Å². The average molecular weight is 188 g/mol. The molecule has 1 nitrogen and oxygen atoms in total. The summed E-state index contributed by atoms with van der Waals surface area (Å²) < 4.78 is 5.59. The molecule has 0 amide bonds. The van der Waals surface area contributed by atoms with Crippen LogP contribution in [0.5, 0.6) is 0 Å². The van der Waals surface area contributed by atoms with Gasteiger partial charge in [-0.2, -0.15) is 0 Å². The maximum Gasteiger partial charge on any atom is 0.112 e. The second kappa shape index (κ2) is 3.16. The van der Waals surface area contributed by atoms with Gasteiger partial charge in [-0.15, -0.1) is 0 Å². The zero-order valence-corrected chi connectivity index (χ0v) is 9.00. The summed E-state index contributed by atoms with van der Waals surface area (Å²) in [6.07, 6.45) is 2.83. The minimum Gasteiger partial charge on any atom is -0.468 e. The van der Waals surface area contributed by atoms with Crippen LogP contribution in [-0.2, 0) is 6.42 Å². The van der Waals surface area contributed by atoms with E-state index in [-0.39, 0.29) is 5.41 Å². The van der Waals surface area contributed by atoms with E-state index in [0.29, 0.717) is 0 Å². The van der Waals surface area contributed by atoms with Crippen molar-refractivity contribution in [1.29, 1.82) is 0 Å². The predicted molar refractivity (Wildman–Crippen MR) is 59.4 cm³/mol. The SMILES string of the molecule is CC(C)(C)Cc1occ2ccccc12. The van der Waals surface area contributed by atoms with E-state index < -0.39 is 0 Å². The number of rotatable bonds is 1. The molecule has 0 N–H and O–H groups in total. The van der Waals surface area contributed by atoms with Crippen molar-refractivity contribution in [3.05, 3.63) is 36.3 Å². The Morgan fingerprint density at radius 2 is 1.86 bits per heavy atom. The van der Waals surface area contributed by atoms with E-state index in [1.54, 1.807) is 0 Å². The number of benzene rings is 1. The molecule has 0 fully saturated rings. The zero-order valence-electron chi connectivity index (χ0n) is 9.00. The lowest BCUT2D eigenvalue weighted by Crippen LogP contribution is -2.08. The molecule has 0 aliphatic heterocycles. The smallest absolute Gasteiger partial charge is 0.112 e. The maximum atomic E-state index is 5.59. The Morgan fingerprint density at radius 1 is 1.14 bits per heavy atom. The Balaban J connectivity index is 2.44. The van der Waals surface area contributed by atoms with Gasteiger partial charge in [-0.25, -0.2) is 0 Å². The van der Waals surface area contributed by atoms with Gasteiger partial charge in [0.2, 0.25) is 0 Å². The van der Waals surface area contributed by atoms with Crippen molar-refractivity contribution in [2.75, 3.05) is 0 Å². The first-order chi connectivity index (χ1) is 6.56. The van der Waals surface area contributed by atoms with Crippen molar-refractivity contribution < 1.29 is 4.42 Å². The van der Waals surface area contributed by atoms with Crippen molar-refractivity contribution >= 4 is 10.8 Å². The maximum absolute atomic E-state index is 5.59. The Morgan fingerprint density at radius 3 is 2.57 bits per heavy atom. The van der Waals surface area contributed by atoms with E-state index in [1.165, 1.54) is 10.8 Å². The summed E-state index contributed by atoms with van der Waals surface area (Å²) in [5.74, 6) is 1.10. The molecule has 1 heteroatoms.